The number of ether oxygens (including phenoxy) is 1. The van der Waals surface area contributed by atoms with Crippen molar-refractivity contribution in [2.24, 2.45) is 0 Å². The van der Waals surface area contributed by atoms with Gasteiger partial charge >= 0.3 is 0 Å². The number of likely N-dealkylation sites (N-methyl/N-ethyl adjacent to an activating group) is 2. The Morgan fingerprint density at radius 2 is 2.13 bits per heavy atom. The number of fused-ring (bicyclic) bond motifs is 1. The molecule has 23 heavy (non-hydrogen) atoms. The van der Waals surface area contributed by atoms with Crippen LogP contribution in [0.25, 0.3) is 0 Å². The van der Waals surface area contributed by atoms with Gasteiger partial charge < -0.3 is 14.2 Å². The summed E-state index contributed by atoms with van der Waals surface area (Å²) in [5.41, 5.74) is 1.18. The van der Waals surface area contributed by atoms with E-state index in [-0.39, 0.29) is 6.10 Å². The van der Waals surface area contributed by atoms with Gasteiger partial charge in [0.05, 0.1) is 18.8 Å². The molecule has 0 amide bonds. The summed E-state index contributed by atoms with van der Waals surface area (Å²) < 4.78 is 11.4. The number of hydrogen-bond donors (Lipinski definition) is 0. The Balaban J connectivity index is 1.62. The van der Waals surface area contributed by atoms with Crippen LogP contribution in [0.4, 0.5) is 5.69 Å². The van der Waals surface area contributed by atoms with Crippen molar-refractivity contribution in [2.75, 3.05) is 31.6 Å². The molecule has 1 aromatic carbocycles. The van der Waals surface area contributed by atoms with Crippen LogP contribution in [0.15, 0.2) is 28.8 Å². The normalized spacial score (nSPS) is 17.2. The predicted octanol–water partition coefficient (Wildman–Crippen LogP) is 2.35. The fraction of sp³-hybridized carbons (Fsp3) is 0.529. The van der Waals surface area contributed by atoms with Gasteiger partial charge in [-0.3, -0.25) is 4.90 Å². The summed E-state index contributed by atoms with van der Waals surface area (Å²) in [5, 5.41) is 3.94. The number of rotatable bonds is 6. The molecule has 0 saturated carbocycles. The highest BCUT2D eigenvalue weighted by Gasteiger charge is 2.25. The minimum absolute atomic E-state index is 0.128. The van der Waals surface area contributed by atoms with E-state index in [1.54, 1.807) is 0 Å². The van der Waals surface area contributed by atoms with Crippen LogP contribution in [0.1, 0.15) is 25.6 Å². The van der Waals surface area contributed by atoms with Crippen molar-refractivity contribution in [1.29, 1.82) is 0 Å². The lowest BCUT2D eigenvalue weighted by Gasteiger charge is -2.37. The Labute approximate surface area is 137 Å². The first-order valence-electron chi connectivity index (χ1n) is 8.20. The van der Waals surface area contributed by atoms with Gasteiger partial charge in [-0.2, -0.15) is 4.98 Å². The fourth-order valence-electron chi connectivity index (χ4n) is 2.91. The summed E-state index contributed by atoms with van der Waals surface area (Å²) in [4.78, 5) is 8.88. The van der Waals surface area contributed by atoms with Crippen molar-refractivity contribution in [1.82, 2.24) is 15.0 Å². The first-order chi connectivity index (χ1) is 11.2. The van der Waals surface area contributed by atoms with Crippen LogP contribution in [0.5, 0.6) is 5.75 Å². The molecule has 0 bridgehead atoms. The second kappa shape index (κ2) is 7.00. The van der Waals surface area contributed by atoms with E-state index in [0.29, 0.717) is 12.4 Å². The topological polar surface area (TPSA) is 54.6 Å². The van der Waals surface area contributed by atoms with Gasteiger partial charge in [0, 0.05) is 19.5 Å². The highest BCUT2D eigenvalue weighted by atomic mass is 16.5. The smallest absolute Gasteiger partial charge is 0.240 e. The summed E-state index contributed by atoms with van der Waals surface area (Å²) in [6, 6.07) is 8.22. The largest absolute Gasteiger partial charge is 0.485 e. The van der Waals surface area contributed by atoms with E-state index in [4.69, 9.17) is 9.26 Å². The summed E-state index contributed by atoms with van der Waals surface area (Å²) in [6.45, 7) is 7.51. The second-order valence-electron chi connectivity index (χ2n) is 5.90. The van der Waals surface area contributed by atoms with Gasteiger partial charge in [0.1, 0.15) is 11.9 Å². The molecular formula is C17H24N4O2. The molecule has 0 spiro atoms. The van der Waals surface area contributed by atoms with Crippen LogP contribution in [0.2, 0.25) is 0 Å². The molecule has 1 aromatic heterocycles. The van der Waals surface area contributed by atoms with Gasteiger partial charge in [-0.15, -0.1) is 0 Å². The molecular weight excluding hydrogens is 292 g/mol. The molecule has 124 valence electrons. The lowest BCUT2D eigenvalue weighted by atomic mass is 10.2. The number of aryl methyl sites for hydroxylation is 1. The maximum atomic E-state index is 6.15. The zero-order valence-corrected chi connectivity index (χ0v) is 14.0. The van der Waals surface area contributed by atoms with Crippen LogP contribution in [-0.2, 0) is 13.0 Å². The molecule has 1 unspecified atom stereocenters. The van der Waals surface area contributed by atoms with Crippen molar-refractivity contribution in [3.63, 3.8) is 0 Å². The van der Waals surface area contributed by atoms with Crippen LogP contribution in [0, 0.1) is 0 Å². The molecule has 0 aliphatic carbocycles. The van der Waals surface area contributed by atoms with E-state index in [9.17, 15) is 0 Å². The average Bonchev–Trinajstić information content (AvgIpc) is 3.01. The minimum atomic E-state index is 0.128. The van der Waals surface area contributed by atoms with Gasteiger partial charge in [0.15, 0.2) is 5.82 Å². The number of aromatic nitrogens is 2. The number of para-hydroxylation sites is 2. The summed E-state index contributed by atoms with van der Waals surface area (Å²) >= 11 is 0. The predicted molar refractivity (Wildman–Crippen MR) is 88.8 cm³/mol. The van der Waals surface area contributed by atoms with Crippen LogP contribution >= 0.6 is 0 Å². The number of benzene rings is 1. The Bertz CT molecular complexity index is 643. The first kappa shape index (κ1) is 15.8. The Kier molecular flexibility index (Phi) is 4.81. The van der Waals surface area contributed by atoms with Crippen LogP contribution < -0.4 is 9.64 Å². The maximum Gasteiger partial charge on any atom is 0.240 e. The summed E-state index contributed by atoms with van der Waals surface area (Å²) in [7, 11) is 2.05. The first-order valence-corrected chi connectivity index (χ1v) is 8.20. The van der Waals surface area contributed by atoms with E-state index in [1.807, 2.05) is 19.1 Å². The number of hydrogen-bond acceptors (Lipinski definition) is 6. The molecule has 3 rings (SSSR count). The molecule has 1 aliphatic rings. The van der Waals surface area contributed by atoms with Gasteiger partial charge in [-0.1, -0.05) is 24.2 Å². The molecule has 6 heteroatoms. The second-order valence-corrected chi connectivity index (χ2v) is 5.90. The molecule has 0 fully saturated rings. The van der Waals surface area contributed by atoms with Gasteiger partial charge in [-0.25, -0.2) is 0 Å². The third kappa shape index (κ3) is 3.64. The van der Waals surface area contributed by atoms with Crippen molar-refractivity contribution >= 4 is 5.69 Å². The summed E-state index contributed by atoms with van der Waals surface area (Å²) in [6.07, 6.45) is 0.921. The monoisotopic (exact) mass is 316 g/mol. The highest BCUT2D eigenvalue weighted by Crippen LogP contribution is 2.32. The van der Waals surface area contributed by atoms with E-state index in [0.717, 1.165) is 37.6 Å². The molecule has 1 atom stereocenters. The third-order valence-corrected chi connectivity index (χ3v) is 4.05. The molecule has 6 nitrogen and oxygen atoms in total. The fourth-order valence-corrected chi connectivity index (χ4v) is 2.91. The zero-order valence-electron chi connectivity index (χ0n) is 14.0. The molecule has 1 aliphatic heterocycles. The van der Waals surface area contributed by atoms with E-state index in [2.05, 4.69) is 46.0 Å². The minimum Gasteiger partial charge on any atom is -0.485 e. The highest BCUT2D eigenvalue weighted by molar-refractivity contribution is 5.60. The van der Waals surface area contributed by atoms with Crippen molar-refractivity contribution in [3.8, 4) is 5.75 Å². The zero-order chi connectivity index (χ0) is 16.2. The summed E-state index contributed by atoms with van der Waals surface area (Å²) in [5.74, 6) is 2.38. The standard InChI is InChI=1S/C17H24N4O2/c1-4-16-18-17(23-19-16)12-20(3)10-13-11-21(5-2)14-8-6-7-9-15(14)22-13/h6-9,13H,4-5,10-12H2,1-3H3. The number of anilines is 1. The Morgan fingerprint density at radius 3 is 2.87 bits per heavy atom. The molecule has 2 heterocycles. The van der Waals surface area contributed by atoms with Crippen LogP contribution in [-0.4, -0.2) is 47.8 Å². The van der Waals surface area contributed by atoms with Gasteiger partial charge in [0.25, 0.3) is 0 Å². The number of nitrogens with zero attached hydrogens (tertiary/aromatic N) is 4. The average molecular weight is 316 g/mol. The molecule has 0 N–H and O–H groups in total. The van der Waals surface area contributed by atoms with Crippen molar-refractivity contribution in [3.05, 3.63) is 36.0 Å². The lowest BCUT2D eigenvalue weighted by Crippen LogP contribution is -2.45. The SMILES string of the molecule is CCc1noc(CN(C)CC2CN(CC)c3ccccc3O2)n1. The quantitative estimate of drug-likeness (QED) is 0.815. The third-order valence-electron chi connectivity index (χ3n) is 4.05. The van der Waals surface area contributed by atoms with E-state index < -0.39 is 0 Å². The van der Waals surface area contributed by atoms with Crippen molar-refractivity contribution in [2.45, 2.75) is 32.9 Å². The van der Waals surface area contributed by atoms with Gasteiger partial charge in [0.2, 0.25) is 5.89 Å². The Hall–Kier alpha value is -2.08. The van der Waals surface area contributed by atoms with Gasteiger partial charge in [-0.05, 0) is 26.1 Å². The maximum absolute atomic E-state index is 6.15. The van der Waals surface area contributed by atoms with E-state index >= 15 is 0 Å². The van der Waals surface area contributed by atoms with Crippen molar-refractivity contribution < 1.29 is 9.26 Å². The lowest BCUT2D eigenvalue weighted by molar-refractivity contribution is 0.133. The molecule has 2 aromatic rings. The molecule has 0 saturated heterocycles. The van der Waals surface area contributed by atoms with Crippen LogP contribution in [0.3, 0.4) is 0 Å². The van der Waals surface area contributed by atoms with E-state index in [1.165, 1.54) is 5.69 Å². The molecule has 0 radical (unpaired) electrons. The Morgan fingerprint density at radius 1 is 1.30 bits per heavy atom.